The van der Waals surface area contributed by atoms with Crippen molar-refractivity contribution in [2.24, 2.45) is 5.41 Å². The maximum Gasteiger partial charge on any atom is 0.347 e. The van der Waals surface area contributed by atoms with E-state index in [0.717, 1.165) is 24.2 Å². The molecule has 2 rings (SSSR count). The first-order chi connectivity index (χ1) is 10.3. The zero-order valence-corrected chi connectivity index (χ0v) is 13.9. The molecule has 0 aliphatic rings. The number of benzene rings is 1. The third kappa shape index (κ3) is 3.06. The van der Waals surface area contributed by atoms with Crippen molar-refractivity contribution >= 4 is 22.4 Å². The highest BCUT2D eigenvalue weighted by molar-refractivity contribution is 6.01. The first-order valence-electron chi connectivity index (χ1n) is 7.65. The fourth-order valence-corrected chi connectivity index (χ4v) is 2.46. The van der Waals surface area contributed by atoms with Gasteiger partial charge in [-0.2, -0.15) is 0 Å². The lowest BCUT2D eigenvalue weighted by molar-refractivity contribution is 0.0854. The normalized spacial score (nSPS) is 11.7. The average molecular weight is 301 g/mol. The molecule has 4 nitrogen and oxygen atoms in total. The second kappa shape index (κ2) is 5.95. The van der Waals surface area contributed by atoms with Crippen LogP contribution in [0.1, 0.15) is 45.0 Å². The van der Waals surface area contributed by atoms with Crippen LogP contribution in [0.25, 0.3) is 11.0 Å². The number of ketones is 1. The van der Waals surface area contributed by atoms with Gasteiger partial charge < -0.3 is 9.32 Å². The molecule has 0 amide bonds. The monoisotopic (exact) mass is 301 g/mol. The van der Waals surface area contributed by atoms with Crippen LogP contribution in [0.4, 0.5) is 5.69 Å². The highest BCUT2D eigenvalue weighted by Gasteiger charge is 2.26. The average Bonchev–Trinajstić information content (AvgIpc) is 2.46. The summed E-state index contributed by atoms with van der Waals surface area (Å²) in [6, 6.07) is 7.34. The maximum absolute atomic E-state index is 12.4. The Hall–Kier alpha value is -2.10. The lowest BCUT2D eigenvalue weighted by Gasteiger charge is -2.21. The summed E-state index contributed by atoms with van der Waals surface area (Å²) in [5, 5.41) is 0.775. The molecule has 1 aromatic carbocycles. The number of nitrogens with zero attached hydrogens (tertiary/aromatic N) is 1. The van der Waals surface area contributed by atoms with Crippen LogP contribution in [0, 0.1) is 5.41 Å². The van der Waals surface area contributed by atoms with Gasteiger partial charge in [0, 0.05) is 29.6 Å². The largest absolute Gasteiger partial charge is 0.422 e. The molecule has 0 fully saturated rings. The molecule has 0 aliphatic carbocycles. The van der Waals surface area contributed by atoms with Crippen molar-refractivity contribution in [2.45, 2.75) is 34.6 Å². The molecule has 118 valence electrons. The van der Waals surface area contributed by atoms with E-state index in [1.54, 1.807) is 32.9 Å². The minimum Gasteiger partial charge on any atom is -0.422 e. The van der Waals surface area contributed by atoms with Crippen LogP contribution >= 0.6 is 0 Å². The summed E-state index contributed by atoms with van der Waals surface area (Å²) in [6.45, 7) is 11.4. The standard InChI is InChI=1S/C18H23NO3/c1-6-19(7-2)13-8-9-15-12(10-13)11-14(17(21)22-15)16(20)18(3,4)5/h8-11H,6-7H2,1-5H3. The number of hydrogen-bond donors (Lipinski definition) is 0. The molecular weight excluding hydrogens is 278 g/mol. The van der Waals surface area contributed by atoms with Gasteiger partial charge >= 0.3 is 5.63 Å². The van der Waals surface area contributed by atoms with Crippen molar-refractivity contribution in [3.63, 3.8) is 0 Å². The van der Waals surface area contributed by atoms with E-state index in [-0.39, 0.29) is 11.3 Å². The predicted octanol–water partition coefficient (Wildman–Crippen LogP) is 3.87. The van der Waals surface area contributed by atoms with Crippen LogP contribution in [0.3, 0.4) is 0 Å². The van der Waals surface area contributed by atoms with Crippen LogP contribution in [0.5, 0.6) is 0 Å². The van der Waals surface area contributed by atoms with Crippen molar-refractivity contribution in [3.05, 3.63) is 40.2 Å². The van der Waals surface area contributed by atoms with E-state index >= 15 is 0 Å². The predicted molar refractivity (Wildman–Crippen MR) is 89.8 cm³/mol. The first kappa shape index (κ1) is 16.3. The molecule has 0 spiro atoms. The zero-order valence-electron chi connectivity index (χ0n) is 13.9. The summed E-state index contributed by atoms with van der Waals surface area (Å²) in [4.78, 5) is 26.7. The minimum absolute atomic E-state index is 0.122. The molecule has 0 saturated carbocycles. The van der Waals surface area contributed by atoms with E-state index in [0.29, 0.717) is 5.58 Å². The van der Waals surface area contributed by atoms with Gasteiger partial charge in [-0.05, 0) is 38.1 Å². The quantitative estimate of drug-likeness (QED) is 0.635. The molecule has 4 heteroatoms. The number of carbonyl (C=O) groups is 1. The van der Waals surface area contributed by atoms with E-state index in [9.17, 15) is 9.59 Å². The van der Waals surface area contributed by atoms with Crippen LogP contribution in [-0.4, -0.2) is 18.9 Å². The SMILES string of the molecule is CCN(CC)c1ccc2oc(=O)c(C(=O)C(C)(C)C)cc2c1. The van der Waals surface area contributed by atoms with Gasteiger partial charge in [0.1, 0.15) is 11.1 Å². The molecule has 0 N–H and O–H groups in total. The van der Waals surface area contributed by atoms with Gasteiger partial charge in [-0.25, -0.2) is 4.79 Å². The molecule has 0 aliphatic heterocycles. The second-order valence-corrected chi connectivity index (χ2v) is 6.42. The summed E-state index contributed by atoms with van der Waals surface area (Å²) in [7, 11) is 0. The second-order valence-electron chi connectivity index (χ2n) is 6.42. The Bertz CT molecular complexity index is 749. The van der Waals surface area contributed by atoms with E-state index in [1.165, 1.54) is 0 Å². The fraction of sp³-hybridized carbons (Fsp3) is 0.444. The molecule has 0 saturated heterocycles. The number of hydrogen-bond acceptors (Lipinski definition) is 4. The van der Waals surface area contributed by atoms with E-state index in [4.69, 9.17) is 4.42 Å². The Kier molecular flexibility index (Phi) is 4.40. The Morgan fingerprint density at radius 3 is 2.32 bits per heavy atom. The number of carbonyl (C=O) groups excluding carboxylic acids is 1. The van der Waals surface area contributed by atoms with Gasteiger partial charge in [-0.15, -0.1) is 0 Å². The summed E-state index contributed by atoms with van der Waals surface area (Å²) < 4.78 is 5.32. The minimum atomic E-state index is -0.612. The molecule has 0 atom stereocenters. The zero-order chi connectivity index (χ0) is 16.5. The van der Waals surface area contributed by atoms with E-state index < -0.39 is 11.0 Å². The van der Waals surface area contributed by atoms with Gasteiger partial charge in [0.05, 0.1) is 0 Å². The highest BCUT2D eigenvalue weighted by atomic mass is 16.4. The third-order valence-electron chi connectivity index (χ3n) is 3.77. The molecule has 0 bridgehead atoms. The van der Waals surface area contributed by atoms with E-state index in [2.05, 4.69) is 18.7 Å². The molecule has 22 heavy (non-hydrogen) atoms. The van der Waals surface area contributed by atoms with Gasteiger partial charge in [-0.1, -0.05) is 20.8 Å². The van der Waals surface area contributed by atoms with Crippen molar-refractivity contribution < 1.29 is 9.21 Å². The van der Waals surface area contributed by atoms with E-state index in [1.807, 2.05) is 12.1 Å². The molecule has 0 radical (unpaired) electrons. The highest BCUT2D eigenvalue weighted by Crippen LogP contribution is 2.25. The lowest BCUT2D eigenvalue weighted by atomic mass is 9.87. The van der Waals surface area contributed by atoms with Crippen LogP contribution in [0.15, 0.2) is 33.5 Å². The number of rotatable bonds is 4. The van der Waals surface area contributed by atoms with Gasteiger partial charge in [0.2, 0.25) is 0 Å². The molecule has 2 aromatic rings. The van der Waals surface area contributed by atoms with Crippen LogP contribution < -0.4 is 10.5 Å². The van der Waals surface area contributed by atoms with Gasteiger partial charge in [-0.3, -0.25) is 4.79 Å². The molecule has 1 aromatic heterocycles. The Labute approximate surface area is 130 Å². The number of Topliss-reactive ketones (excluding diaryl/α,β-unsaturated/α-hetero) is 1. The molecular formula is C18H23NO3. The van der Waals surface area contributed by atoms with Gasteiger partial charge in [0.15, 0.2) is 5.78 Å². The smallest absolute Gasteiger partial charge is 0.347 e. The molecule has 0 unspecified atom stereocenters. The Morgan fingerprint density at radius 2 is 1.77 bits per heavy atom. The van der Waals surface area contributed by atoms with Crippen LogP contribution in [-0.2, 0) is 0 Å². The summed E-state index contributed by atoms with van der Waals surface area (Å²) in [6.07, 6.45) is 0. The summed E-state index contributed by atoms with van der Waals surface area (Å²) in [5.41, 5.74) is 0.505. The Morgan fingerprint density at radius 1 is 1.14 bits per heavy atom. The first-order valence-corrected chi connectivity index (χ1v) is 7.65. The third-order valence-corrected chi connectivity index (χ3v) is 3.77. The Balaban J connectivity index is 2.60. The number of anilines is 1. The van der Waals surface area contributed by atoms with Crippen molar-refractivity contribution in [3.8, 4) is 0 Å². The van der Waals surface area contributed by atoms with Crippen molar-refractivity contribution in [1.29, 1.82) is 0 Å². The van der Waals surface area contributed by atoms with Crippen LogP contribution in [0.2, 0.25) is 0 Å². The van der Waals surface area contributed by atoms with Gasteiger partial charge in [0.25, 0.3) is 0 Å². The maximum atomic E-state index is 12.4. The number of fused-ring (bicyclic) bond motifs is 1. The summed E-state index contributed by atoms with van der Waals surface area (Å²) in [5.74, 6) is -0.198. The summed E-state index contributed by atoms with van der Waals surface area (Å²) >= 11 is 0. The lowest BCUT2D eigenvalue weighted by Crippen LogP contribution is -2.26. The van der Waals surface area contributed by atoms with Crippen molar-refractivity contribution in [2.75, 3.05) is 18.0 Å². The topological polar surface area (TPSA) is 50.5 Å². The van der Waals surface area contributed by atoms with Crippen molar-refractivity contribution in [1.82, 2.24) is 0 Å². The fourth-order valence-electron chi connectivity index (χ4n) is 2.46. The molecule has 1 heterocycles.